The number of nitrogens with zero attached hydrogens (tertiary/aromatic N) is 1. The zero-order valence-corrected chi connectivity index (χ0v) is 16.6. The minimum Gasteiger partial charge on any atom is -0.454 e. The summed E-state index contributed by atoms with van der Waals surface area (Å²) in [4.78, 5) is 61.5. The lowest BCUT2D eigenvalue weighted by Gasteiger charge is -2.36. The van der Waals surface area contributed by atoms with Gasteiger partial charge in [0.05, 0.1) is 0 Å². The minimum atomic E-state index is -0.964. The number of hydrazine groups is 1. The molecule has 1 heterocycles. The fourth-order valence-corrected chi connectivity index (χ4v) is 3.78. The van der Waals surface area contributed by atoms with Crippen LogP contribution in [0, 0.1) is 5.92 Å². The molecule has 1 saturated heterocycles. The molecule has 2 aliphatic rings. The van der Waals surface area contributed by atoms with Crippen molar-refractivity contribution < 1.29 is 28.7 Å². The Labute approximate surface area is 173 Å². The summed E-state index contributed by atoms with van der Waals surface area (Å²) >= 11 is 0. The predicted molar refractivity (Wildman–Crippen MR) is 104 cm³/mol. The van der Waals surface area contributed by atoms with Crippen LogP contribution in [-0.2, 0) is 19.1 Å². The molecular weight excluding hydrogens is 392 g/mol. The van der Waals surface area contributed by atoms with Crippen molar-refractivity contribution in [1.82, 2.24) is 21.1 Å². The Hall–Kier alpha value is -3.43. The molecule has 10 heteroatoms. The highest BCUT2D eigenvalue weighted by atomic mass is 16.5. The van der Waals surface area contributed by atoms with Gasteiger partial charge in [0, 0.05) is 5.56 Å². The van der Waals surface area contributed by atoms with Crippen LogP contribution in [0.5, 0.6) is 0 Å². The fraction of sp³-hybridized carbons (Fsp3) is 0.450. The van der Waals surface area contributed by atoms with Gasteiger partial charge in [-0.1, -0.05) is 38.0 Å². The SMILES string of the molecule is C[C@H]1CCCC[C@]12NC(=O)N(CC(=O)OCC(=O)NNC(=O)c1ccccc1)C2=O. The molecule has 1 aliphatic carbocycles. The number of nitrogens with one attached hydrogen (secondary N) is 3. The molecule has 1 aliphatic heterocycles. The fourth-order valence-electron chi connectivity index (χ4n) is 3.78. The van der Waals surface area contributed by atoms with Gasteiger partial charge in [-0.25, -0.2) is 4.79 Å². The van der Waals surface area contributed by atoms with Gasteiger partial charge in [0.25, 0.3) is 17.7 Å². The Bertz CT molecular complexity index is 858. The first-order chi connectivity index (χ1) is 14.3. The van der Waals surface area contributed by atoms with Gasteiger partial charge < -0.3 is 10.1 Å². The maximum atomic E-state index is 12.8. The third-order valence-corrected chi connectivity index (χ3v) is 5.50. The summed E-state index contributed by atoms with van der Waals surface area (Å²) < 4.78 is 4.83. The molecule has 10 nitrogen and oxygen atoms in total. The van der Waals surface area contributed by atoms with Crippen molar-refractivity contribution in [2.24, 2.45) is 5.92 Å². The van der Waals surface area contributed by atoms with E-state index in [0.29, 0.717) is 12.0 Å². The zero-order valence-electron chi connectivity index (χ0n) is 16.6. The summed E-state index contributed by atoms with van der Waals surface area (Å²) in [6.07, 6.45) is 3.17. The third-order valence-electron chi connectivity index (χ3n) is 5.50. The van der Waals surface area contributed by atoms with Crippen molar-refractivity contribution in [2.75, 3.05) is 13.2 Å². The zero-order chi connectivity index (χ0) is 21.7. The highest BCUT2D eigenvalue weighted by molar-refractivity contribution is 6.09. The lowest BCUT2D eigenvalue weighted by molar-refractivity contribution is -0.151. The van der Waals surface area contributed by atoms with E-state index >= 15 is 0 Å². The van der Waals surface area contributed by atoms with Crippen LogP contribution in [0.25, 0.3) is 0 Å². The number of ether oxygens (including phenoxy) is 1. The summed E-state index contributed by atoms with van der Waals surface area (Å²) in [6, 6.07) is 7.60. The highest BCUT2D eigenvalue weighted by Gasteiger charge is 2.55. The van der Waals surface area contributed by atoms with Crippen LogP contribution in [0.2, 0.25) is 0 Å². The Morgan fingerprint density at radius 3 is 2.60 bits per heavy atom. The molecule has 30 heavy (non-hydrogen) atoms. The van der Waals surface area contributed by atoms with Crippen LogP contribution in [0.4, 0.5) is 4.79 Å². The van der Waals surface area contributed by atoms with Gasteiger partial charge in [-0.05, 0) is 30.9 Å². The molecule has 3 rings (SSSR count). The average Bonchev–Trinajstić information content (AvgIpc) is 2.98. The molecule has 2 fully saturated rings. The van der Waals surface area contributed by atoms with E-state index < -0.39 is 48.4 Å². The Kier molecular flexibility index (Phi) is 6.34. The summed E-state index contributed by atoms with van der Waals surface area (Å²) in [5.41, 5.74) is 3.70. The molecule has 160 valence electrons. The Morgan fingerprint density at radius 2 is 1.90 bits per heavy atom. The first-order valence-electron chi connectivity index (χ1n) is 9.77. The normalized spacial score (nSPS) is 23.1. The van der Waals surface area contributed by atoms with Gasteiger partial charge in [-0.3, -0.25) is 34.9 Å². The topological polar surface area (TPSA) is 134 Å². The average molecular weight is 416 g/mol. The second-order valence-electron chi connectivity index (χ2n) is 7.47. The van der Waals surface area contributed by atoms with Gasteiger partial charge in [-0.2, -0.15) is 0 Å². The van der Waals surface area contributed by atoms with Gasteiger partial charge in [0.1, 0.15) is 12.1 Å². The van der Waals surface area contributed by atoms with E-state index in [1.54, 1.807) is 30.3 Å². The predicted octanol–water partition coefficient (Wildman–Crippen LogP) is 0.492. The van der Waals surface area contributed by atoms with Crippen LogP contribution >= 0.6 is 0 Å². The van der Waals surface area contributed by atoms with E-state index in [9.17, 15) is 24.0 Å². The minimum absolute atomic E-state index is 0.0253. The summed E-state index contributed by atoms with van der Waals surface area (Å²) in [5, 5.41) is 2.74. The second-order valence-corrected chi connectivity index (χ2v) is 7.47. The monoisotopic (exact) mass is 416 g/mol. The number of rotatable bonds is 5. The molecule has 0 bridgehead atoms. The van der Waals surface area contributed by atoms with E-state index in [4.69, 9.17) is 4.74 Å². The molecule has 0 radical (unpaired) electrons. The largest absolute Gasteiger partial charge is 0.454 e. The van der Waals surface area contributed by atoms with E-state index in [0.717, 1.165) is 24.2 Å². The van der Waals surface area contributed by atoms with E-state index in [1.165, 1.54) is 0 Å². The summed E-state index contributed by atoms with van der Waals surface area (Å²) in [5.74, 6) is -2.65. The first-order valence-corrected chi connectivity index (χ1v) is 9.77. The number of urea groups is 1. The smallest absolute Gasteiger partial charge is 0.326 e. The molecule has 5 amide bonds. The summed E-state index contributed by atoms with van der Waals surface area (Å²) in [6.45, 7) is 0.662. The number of imide groups is 1. The van der Waals surface area contributed by atoms with Gasteiger partial charge in [-0.15, -0.1) is 0 Å². The maximum absolute atomic E-state index is 12.8. The number of esters is 1. The standard InChI is InChI=1S/C20H24N4O6/c1-13-7-5-6-10-20(13)18(28)24(19(29)21-20)11-16(26)30-12-15(25)22-23-17(27)14-8-3-2-4-9-14/h2-4,8-9,13H,5-7,10-12H2,1H3,(H,21,29)(H,22,25)(H,23,27)/t13-,20-/m0/s1. The molecule has 1 spiro atoms. The third kappa shape index (κ3) is 4.42. The number of hydrogen-bond donors (Lipinski definition) is 3. The number of benzene rings is 1. The van der Waals surface area contributed by atoms with Crippen molar-refractivity contribution in [3.63, 3.8) is 0 Å². The van der Waals surface area contributed by atoms with Crippen LogP contribution in [0.3, 0.4) is 0 Å². The molecular formula is C20H24N4O6. The second kappa shape index (κ2) is 8.93. The number of carbonyl (C=O) groups is 5. The van der Waals surface area contributed by atoms with Crippen LogP contribution in [0.1, 0.15) is 43.0 Å². The molecule has 1 aromatic rings. The Balaban J connectivity index is 1.45. The van der Waals surface area contributed by atoms with Crippen molar-refractivity contribution in [3.8, 4) is 0 Å². The number of amides is 5. The van der Waals surface area contributed by atoms with Gasteiger partial charge >= 0.3 is 12.0 Å². The quantitative estimate of drug-likeness (QED) is 0.363. The maximum Gasteiger partial charge on any atom is 0.326 e. The lowest BCUT2D eigenvalue weighted by atomic mass is 9.73. The molecule has 2 atom stereocenters. The van der Waals surface area contributed by atoms with Crippen molar-refractivity contribution in [3.05, 3.63) is 35.9 Å². The molecule has 0 aromatic heterocycles. The lowest BCUT2D eigenvalue weighted by Crippen LogP contribution is -2.54. The van der Waals surface area contributed by atoms with Crippen LogP contribution in [-0.4, -0.2) is 53.3 Å². The van der Waals surface area contributed by atoms with E-state index in [-0.39, 0.29) is 5.92 Å². The van der Waals surface area contributed by atoms with Crippen molar-refractivity contribution >= 4 is 29.7 Å². The number of hydrogen-bond acceptors (Lipinski definition) is 6. The Morgan fingerprint density at radius 1 is 1.17 bits per heavy atom. The van der Waals surface area contributed by atoms with Crippen molar-refractivity contribution in [2.45, 2.75) is 38.1 Å². The van der Waals surface area contributed by atoms with Gasteiger partial charge in [0.2, 0.25) is 0 Å². The van der Waals surface area contributed by atoms with Crippen molar-refractivity contribution in [1.29, 1.82) is 0 Å². The van der Waals surface area contributed by atoms with Crippen LogP contribution < -0.4 is 16.2 Å². The molecule has 1 aromatic carbocycles. The van der Waals surface area contributed by atoms with Crippen LogP contribution in [0.15, 0.2) is 30.3 Å². The number of carbonyl (C=O) groups excluding carboxylic acids is 5. The molecule has 3 N–H and O–H groups in total. The highest BCUT2D eigenvalue weighted by Crippen LogP contribution is 2.38. The molecule has 1 saturated carbocycles. The molecule has 0 unspecified atom stereocenters. The van der Waals surface area contributed by atoms with E-state index in [1.807, 2.05) is 6.92 Å². The van der Waals surface area contributed by atoms with E-state index in [2.05, 4.69) is 16.2 Å². The summed E-state index contributed by atoms with van der Waals surface area (Å²) in [7, 11) is 0. The van der Waals surface area contributed by atoms with Gasteiger partial charge in [0.15, 0.2) is 6.61 Å². The first kappa shape index (κ1) is 21.3.